The van der Waals surface area contributed by atoms with Crippen molar-refractivity contribution in [3.05, 3.63) is 65.1 Å². The van der Waals surface area contributed by atoms with Gasteiger partial charge in [0.25, 0.3) is 0 Å². The van der Waals surface area contributed by atoms with Crippen molar-refractivity contribution >= 4 is 23.2 Å². The van der Waals surface area contributed by atoms with Crippen LogP contribution in [0.3, 0.4) is 0 Å². The van der Waals surface area contributed by atoms with Gasteiger partial charge in [-0.2, -0.15) is 5.10 Å². The summed E-state index contributed by atoms with van der Waals surface area (Å²) in [6, 6.07) is 12.2. The van der Waals surface area contributed by atoms with Gasteiger partial charge in [0.15, 0.2) is 0 Å². The Kier molecular flexibility index (Phi) is 7.82. The number of hydrogen-bond acceptors (Lipinski definition) is 5. The van der Waals surface area contributed by atoms with Crippen molar-refractivity contribution in [2.75, 3.05) is 51.7 Å². The highest BCUT2D eigenvalue weighted by Gasteiger charge is 2.20. The molecule has 0 bridgehead atoms. The van der Waals surface area contributed by atoms with E-state index in [9.17, 15) is 9.18 Å². The molecule has 1 aromatic heterocycles. The maximum Gasteiger partial charge on any atom is 0.238 e. The van der Waals surface area contributed by atoms with Gasteiger partial charge in [0.1, 0.15) is 11.6 Å². The molecule has 7 nitrogen and oxygen atoms in total. The summed E-state index contributed by atoms with van der Waals surface area (Å²) in [7, 11) is 3.41. The number of carbonyl (C=O) groups is 1. The summed E-state index contributed by atoms with van der Waals surface area (Å²) in [5.74, 6) is 0.384. The first-order valence-corrected chi connectivity index (χ1v) is 11.7. The van der Waals surface area contributed by atoms with Crippen molar-refractivity contribution in [1.82, 2.24) is 19.6 Å². The minimum absolute atomic E-state index is 0.0630. The van der Waals surface area contributed by atoms with Gasteiger partial charge in [-0.1, -0.05) is 23.7 Å². The highest BCUT2D eigenvalue weighted by Crippen LogP contribution is 2.36. The van der Waals surface area contributed by atoms with Crippen molar-refractivity contribution in [2.45, 2.75) is 6.42 Å². The molecule has 34 heavy (non-hydrogen) atoms. The number of amides is 1. The minimum atomic E-state index is -0.206. The van der Waals surface area contributed by atoms with E-state index in [0.29, 0.717) is 23.0 Å². The van der Waals surface area contributed by atoms with Gasteiger partial charge in [-0.25, -0.2) is 4.39 Å². The van der Waals surface area contributed by atoms with Gasteiger partial charge in [0.05, 0.1) is 30.6 Å². The third-order valence-electron chi connectivity index (χ3n) is 6.09. The second kappa shape index (κ2) is 11.0. The number of aryl methyl sites for hydroxylation is 1. The fourth-order valence-corrected chi connectivity index (χ4v) is 4.47. The quantitative estimate of drug-likeness (QED) is 0.527. The Morgan fingerprint density at radius 2 is 1.82 bits per heavy atom. The maximum atomic E-state index is 13.1. The second-order valence-electron chi connectivity index (χ2n) is 8.42. The van der Waals surface area contributed by atoms with Crippen molar-refractivity contribution in [3.63, 3.8) is 0 Å². The van der Waals surface area contributed by atoms with Crippen molar-refractivity contribution in [1.29, 1.82) is 0 Å². The van der Waals surface area contributed by atoms with Crippen LogP contribution in [-0.4, -0.2) is 71.9 Å². The topological polar surface area (TPSA) is 62.6 Å². The molecule has 2 heterocycles. The molecule has 1 aliphatic heterocycles. The van der Waals surface area contributed by atoms with Crippen LogP contribution < -0.4 is 10.1 Å². The fraction of sp³-hybridized carbons (Fsp3) is 0.360. The van der Waals surface area contributed by atoms with Crippen LogP contribution in [0, 0.1) is 5.82 Å². The number of rotatable bonds is 8. The summed E-state index contributed by atoms with van der Waals surface area (Å²) in [5, 5.41) is 7.70. The molecular weight excluding hydrogens is 457 g/mol. The number of piperazine rings is 1. The van der Waals surface area contributed by atoms with Gasteiger partial charge < -0.3 is 15.0 Å². The van der Waals surface area contributed by atoms with Gasteiger partial charge in [-0.15, -0.1) is 0 Å². The van der Waals surface area contributed by atoms with Crippen LogP contribution in [-0.2, 0) is 18.3 Å². The number of halogens is 2. The lowest BCUT2D eigenvalue weighted by Gasteiger charge is -2.34. The zero-order valence-electron chi connectivity index (χ0n) is 19.4. The molecule has 0 saturated carbocycles. The number of methoxy groups -OCH3 is 1. The first kappa shape index (κ1) is 24.2. The monoisotopic (exact) mass is 485 g/mol. The van der Waals surface area contributed by atoms with E-state index in [1.54, 1.807) is 18.0 Å². The van der Waals surface area contributed by atoms with Gasteiger partial charge in [0.2, 0.25) is 5.91 Å². The van der Waals surface area contributed by atoms with E-state index in [4.69, 9.17) is 16.3 Å². The van der Waals surface area contributed by atoms with E-state index >= 15 is 0 Å². The van der Waals surface area contributed by atoms with Crippen LogP contribution in [0.25, 0.3) is 11.3 Å². The molecule has 1 aliphatic rings. The molecule has 3 aromatic rings. The fourth-order valence-electron chi connectivity index (χ4n) is 4.20. The number of hydrogen-bond donors (Lipinski definition) is 1. The number of ether oxygens (including phenoxy) is 1. The van der Waals surface area contributed by atoms with Crippen molar-refractivity contribution in [3.8, 4) is 17.0 Å². The molecule has 4 rings (SSSR count). The van der Waals surface area contributed by atoms with E-state index in [-0.39, 0.29) is 11.7 Å². The summed E-state index contributed by atoms with van der Waals surface area (Å²) in [6.07, 6.45) is 2.47. The predicted octanol–water partition coefficient (Wildman–Crippen LogP) is 3.69. The summed E-state index contributed by atoms with van der Waals surface area (Å²) < 4.78 is 20.2. The summed E-state index contributed by atoms with van der Waals surface area (Å²) in [5.41, 5.74) is 3.30. The lowest BCUT2D eigenvalue weighted by atomic mass is 10.1. The Hall–Kier alpha value is -2.94. The van der Waals surface area contributed by atoms with Crippen molar-refractivity contribution < 1.29 is 13.9 Å². The lowest BCUT2D eigenvalue weighted by Crippen LogP contribution is -2.49. The molecule has 0 spiro atoms. The van der Waals surface area contributed by atoms with Gasteiger partial charge in [0, 0.05) is 51.0 Å². The lowest BCUT2D eigenvalue weighted by molar-refractivity contribution is -0.117. The van der Waals surface area contributed by atoms with Gasteiger partial charge in [-0.3, -0.25) is 14.4 Å². The SMILES string of the molecule is COc1ccc(NC(=O)CN2CCN(CCc3ccc(F)cc3)CC2)cc1-c1c(Cl)cnn1C. The molecule has 0 aliphatic carbocycles. The molecule has 1 amide bonds. The number of nitrogens with one attached hydrogen (secondary N) is 1. The van der Waals surface area contributed by atoms with E-state index in [1.807, 2.05) is 37.4 Å². The summed E-state index contributed by atoms with van der Waals surface area (Å²) in [6.45, 7) is 4.72. The maximum absolute atomic E-state index is 13.1. The average molecular weight is 486 g/mol. The highest BCUT2D eigenvalue weighted by atomic mass is 35.5. The molecule has 0 radical (unpaired) electrons. The minimum Gasteiger partial charge on any atom is -0.496 e. The van der Waals surface area contributed by atoms with Crippen molar-refractivity contribution in [2.24, 2.45) is 7.05 Å². The van der Waals surface area contributed by atoms with E-state index in [0.717, 1.165) is 56.0 Å². The third kappa shape index (κ3) is 5.94. The average Bonchev–Trinajstić information content (AvgIpc) is 3.17. The highest BCUT2D eigenvalue weighted by molar-refractivity contribution is 6.33. The third-order valence-corrected chi connectivity index (χ3v) is 6.37. The standard InChI is InChI=1S/C25H29ClFN5O2/c1-30-25(22(26)16-28-30)21-15-20(7-8-23(21)34-2)29-24(33)17-32-13-11-31(12-14-32)10-9-18-3-5-19(27)6-4-18/h3-8,15-16H,9-14,17H2,1-2H3,(H,29,33). The number of anilines is 1. The summed E-state index contributed by atoms with van der Waals surface area (Å²) in [4.78, 5) is 17.3. The Morgan fingerprint density at radius 1 is 1.12 bits per heavy atom. The van der Waals surface area contributed by atoms with E-state index < -0.39 is 0 Å². The normalized spacial score (nSPS) is 14.8. The van der Waals surface area contributed by atoms with Gasteiger partial charge >= 0.3 is 0 Å². The zero-order valence-corrected chi connectivity index (χ0v) is 20.2. The van der Waals surface area contributed by atoms with Crippen LogP contribution in [0.5, 0.6) is 5.75 Å². The largest absolute Gasteiger partial charge is 0.496 e. The Labute approximate surface area is 204 Å². The van der Waals surface area contributed by atoms with Gasteiger partial charge in [-0.05, 0) is 42.3 Å². The molecule has 180 valence electrons. The molecular formula is C25H29ClFN5O2. The van der Waals surface area contributed by atoms with Crippen LogP contribution >= 0.6 is 11.6 Å². The summed E-state index contributed by atoms with van der Waals surface area (Å²) >= 11 is 6.32. The molecule has 1 saturated heterocycles. The first-order chi connectivity index (χ1) is 16.4. The molecule has 1 N–H and O–H groups in total. The Morgan fingerprint density at radius 3 is 2.47 bits per heavy atom. The van der Waals surface area contributed by atoms with E-state index in [1.165, 1.54) is 12.1 Å². The smallest absolute Gasteiger partial charge is 0.238 e. The first-order valence-electron chi connectivity index (χ1n) is 11.3. The number of aromatic nitrogens is 2. The number of benzene rings is 2. The number of nitrogens with zero attached hydrogens (tertiary/aromatic N) is 4. The Balaban J connectivity index is 1.29. The molecule has 0 unspecified atom stereocenters. The Bertz CT molecular complexity index is 1110. The molecule has 0 atom stereocenters. The molecule has 2 aromatic carbocycles. The molecule has 9 heteroatoms. The zero-order chi connectivity index (χ0) is 24.1. The van der Waals surface area contributed by atoms with Crippen LogP contribution in [0.2, 0.25) is 5.02 Å². The predicted molar refractivity (Wildman–Crippen MR) is 132 cm³/mol. The number of carbonyl (C=O) groups excluding carboxylic acids is 1. The van der Waals surface area contributed by atoms with Crippen LogP contribution in [0.1, 0.15) is 5.56 Å². The van der Waals surface area contributed by atoms with Crippen LogP contribution in [0.4, 0.5) is 10.1 Å². The second-order valence-corrected chi connectivity index (χ2v) is 8.83. The van der Waals surface area contributed by atoms with Crippen LogP contribution in [0.15, 0.2) is 48.7 Å². The molecule has 1 fully saturated rings. The van der Waals surface area contributed by atoms with E-state index in [2.05, 4.69) is 20.2 Å².